The number of nitrogens with one attached hydrogen (secondary N) is 1. The third-order valence-corrected chi connectivity index (χ3v) is 3.99. The average molecular weight is 265 g/mol. The summed E-state index contributed by atoms with van der Waals surface area (Å²) >= 11 is 1.60. The summed E-state index contributed by atoms with van der Waals surface area (Å²) < 4.78 is 0. The van der Waals surface area contributed by atoms with Crippen molar-refractivity contribution in [1.82, 2.24) is 10.3 Å². The van der Waals surface area contributed by atoms with Crippen molar-refractivity contribution in [3.05, 3.63) is 30.1 Å². The Kier molecular flexibility index (Phi) is 5.01. The fourth-order valence-electron chi connectivity index (χ4n) is 1.72. The number of nitrogens with zero attached hydrogens (tertiary/aromatic N) is 1. The van der Waals surface area contributed by atoms with Gasteiger partial charge in [0, 0.05) is 30.7 Å². The Hall–Kier alpha value is -1.07. The van der Waals surface area contributed by atoms with E-state index in [1.165, 1.54) is 12.8 Å². The molecule has 1 aliphatic rings. The van der Waals surface area contributed by atoms with Crippen LogP contribution in [0.15, 0.2) is 24.5 Å². The van der Waals surface area contributed by atoms with Gasteiger partial charge in [0.15, 0.2) is 0 Å². The fraction of sp³-hybridized carbons (Fsp3) is 0.538. The molecule has 4 nitrogen and oxygen atoms in total. The number of amides is 1. The molecule has 0 radical (unpaired) electrons. The van der Waals surface area contributed by atoms with Crippen molar-refractivity contribution < 1.29 is 4.79 Å². The molecule has 0 aromatic carbocycles. The normalized spacial score (nSPS) is 16.3. The summed E-state index contributed by atoms with van der Waals surface area (Å²) in [5.41, 5.74) is 7.06. The topological polar surface area (TPSA) is 68.0 Å². The Morgan fingerprint density at radius 2 is 2.44 bits per heavy atom. The van der Waals surface area contributed by atoms with E-state index in [2.05, 4.69) is 10.3 Å². The van der Waals surface area contributed by atoms with Crippen molar-refractivity contribution >= 4 is 17.7 Å². The van der Waals surface area contributed by atoms with Crippen LogP contribution in [-0.2, 0) is 10.5 Å². The fourth-order valence-corrected chi connectivity index (χ4v) is 2.51. The maximum atomic E-state index is 11.6. The highest BCUT2D eigenvalue weighted by molar-refractivity contribution is 7.99. The van der Waals surface area contributed by atoms with E-state index >= 15 is 0 Å². The molecule has 1 aliphatic carbocycles. The van der Waals surface area contributed by atoms with E-state index in [9.17, 15) is 4.79 Å². The lowest BCUT2D eigenvalue weighted by molar-refractivity contribution is -0.118. The first kappa shape index (κ1) is 13.4. The lowest BCUT2D eigenvalue weighted by atomic mass is 10.2. The maximum Gasteiger partial charge on any atom is 0.230 e. The molecule has 3 N–H and O–H groups in total. The minimum Gasteiger partial charge on any atom is -0.354 e. The van der Waals surface area contributed by atoms with Gasteiger partial charge in [0.1, 0.15) is 0 Å². The summed E-state index contributed by atoms with van der Waals surface area (Å²) in [6.45, 7) is 0.608. The zero-order valence-corrected chi connectivity index (χ0v) is 11.2. The molecular weight excluding hydrogens is 246 g/mol. The molecule has 0 aliphatic heterocycles. The number of rotatable bonds is 7. The van der Waals surface area contributed by atoms with Crippen molar-refractivity contribution in [1.29, 1.82) is 0 Å². The van der Waals surface area contributed by atoms with E-state index in [0.717, 1.165) is 11.3 Å². The quantitative estimate of drug-likeness (QED) is 0.776. The van der Waals surface area contributed by atoms with Gasteiger partial charge >= 0.3 is 0 Å². The van der Waals surface area contributed by atoms with Gasteiger partial charge in [0.25, 0.3) is 0 Å². The first-order valence-electron chi connectivity index (χ1n) is 6.24. The van der Waals surface area contributed by atoms with E-state index in [-0.39, 0.29) is 11.9 Å². The van der Waals surface area contributed by atoms with Crippen LogP contribution in [0.3, 0.4) is 0 Å². The van der Waals surface area contributed by atoms with Crippen molar-refractivity contribution in [3.63, 3.8) is 0 Å². The number of carbonyl (C=O) groups is 1. The minimum absolute atomic E-state index is 0.0694. The first-order valence-corrected chi connectivity index (χ1v) is 7.40. The highest BCUT2D eigenvalue weighted by Gasteiger charge is 2.28. The molecule has 0 bridgehead atoms. The van der Waals surface area contributed by atoms with Gasteiger partial charge in [0.2, 0.25) is 5.91 Å². The van der Waals surface area contributed by atoms with Crippen LogP contribution in [0.4, 0.5) is 0 Å². The summed E-state index contributed by atoms with van der Waals surface area (Å²) in [5.74, 6) is 2.00. The third-order valence-electron chi connectivity index (χ3n) is 2.99. The van der Waals surface area contributed by atoms with Crippen molar-refractivity contribution in [2.24, 2.45) is 11.7 Å². The summed E-state index contributed by atoms with van der Waals surface area (Å²) in [5, 5.41) is 2.89. The van der Waals surface area contributed by atoms with E-state index in [0.29, 0.717) is 18.2 Å². The number of aromatic nitrogens is 1. The van der Waals surface area contributed by atoms with E-state index < -0.39 is 0 Å². The Balaban J connectivity index is 1.57. The molecule has 0 spiro atoms. The van der Waals surface area contributed by atoms with Gasteiger partial charge < -0.3 is 11.1 Å². The number of carbonyl (C=O) groups excluding carboxylic acids is 1. The molecule has 1 fully saturated rings. The third kappa shape index (κ3) is 4.66. The Morgan fingerprint density at radius 3 is 3.11 bits per heavy atom. The van der Waals surface area contributed by atoms with Crippen molar-refractivity contribution in [2.75, 3.05) is 12.3 Å². The molecule has 1 unspecified atom stereocenters. The number of thioether (sulfide) groups is 1. The Bertz CT molecular complexity index is 381. The van der Waals surface area contributed by atoms with Crippen molar-refractivity contribution in [2.45, 2.75) is 24.6 Å². The van der Waals surface area contributed by atoms with Crippen LogP contribution < -0.4 is 11.1 Å². The van der Waals surface area contributed by atoms with Crippen LogP contribution in [-0.4, -0.2) is 29.2 Å². The van der Waals surface area contributed by atoms with Gasteiger partial charge in [-0.1, -0.05) is 6.07 Å². The lowest BCUT2D eigenvalue weighted by Crippen LogP contribution is -2.39. The van der Waals surface area contributed by atoms with Crippen LogP contribution >= 0.6 is 11.8 Å². The number of hydrogen-bond acceptors (Lipinski definition) is 4. The van der Waals surface area contributed by atoms with Gasteiger partial charge in [-0.2, -0.15) is 0 Å². The van der Waals surface area contributed by atoms with E-state index in [4.69, 9.17) is 5.73 Å². The largest absolute Gasteiger partial charge is 0.354 e. The molecule has 1 heterocycles. The highest BCUT2D eigenvalue weighted by atomic mass is 32.2. The zero-order chi connectivity index (χ0) is 12.8. The van der Waals surface area contributed by atoms with Crippen LogP contribution in [0, 0.1) is 5.92 Å². The van der Waals surface area contributed by atoms with Gasteiger partial charge in [0.05, 0.1) is 5.75 Å². The van der Waals surface area contributed by atoms with Gasteiger partial charge in [-0.25, -0.2) is 0 Å². The molecule has 1 saturated carbocycles. The van der Waals surface area contributed by atoms with Crippen LogP contribution in [0.2, 0.25) is 0 Å². The lowest BCUT2D eigenvalue weighted by Gasteiger charge is -2.11. The predicted molar refractivity (Wildman–Crippen MR) is 74.1 cm³/mol. The molecule has 5 heteroatoms. The standard InChI is InChI=1S/C13H19N3OS/c14-12(11-3-4-11)7-16-13(17)9-18-8-10-2-1-5-15-6-10/h1-2,5-6,11-12H,3-4,7-9,14H2,(H,16,17). The highest BCUT2D eigenvalue weighted by Crippen LogP contribution is 2.31. The van der Waals surface area contributed by atoms with Gasteiger partial charge in [-0.05, 0) is 30.4 Å². The zero-order valence-electron chi connectivity index (χ0n) is 10.3. The summed E-state index contributed by atoms with van der Waals surface area (Å²) in [7, 11) is 0. The molecule has 1 aromatic rings. The smallest absolute Gasteiger partial charge is 0.230 e. The second kappa shape index (κ2) is 6.75. The number of nitrogens with two attached hydrogens (primary N) is 1. The molecule has 1 amide bonds. The maximum absolute atomic E-state index is 11.6. The SMILES string of the molecule is NC(CNC(=O)CSCc1cccnc1)C1CC1. The van der Waals surface area contributed by atoms with Crippen LogP contribution in [0.5, 0.6) is 0 Å². The molecule has 1 aromatic heterocycles. The predicted octanol–water partition coefficient (Wildman–Crippen LogP) is 1.17. The number of pyridine rings is 1. The van der Waals surface area contributed by atoms with Crippen LogP contribution in [0.25, 0.3) is 0 Å². The summed E-state index contributed by atoms with van der Waals surface area (Å²) in [6.07, 6.45) is 6.01. The molecule has 0 saturated heterocycles. The van der Waals surface area contributed by atoms with E-state index in [1.54, 1.807) is 18.0 Å². The van der Waals surface area contributed by atoms with Gasteiger partial charge in [-0.15, -0.1) is 11.8 Å². The summed E-state index contributed by atoms with van der Waals surface area (Å²) in [4.78, 5) is 15.6. The second-order valence-electron chi connectivity index (χ2n) is 4.66. The van der Waals surface area contributed by atoms with Gasteiger partial charge in [-0.3, -0.25) is 9.78 Å². The molecule has 18 heavy (non-hydrogen) atoms. The average Bonchev–Trinajstić information content (AvgIpc) is 3.21. The number of hydrogen-bond donors (Lipinski definition) is 2. The second-order valence-corrected chi connectivity index (χ2v) is 5.65. The summed E-state index contributed by atoms with van der Waals surface area (Å²) in [6, 6.07) is 4.06. The minimum atomic E-state index is 0.0694. The monoisotopic (exact) mass is 265 g/mol. The Morgan fingerprint density at radius 1 is 1.61 bits per heavy atom. The van der Waals surface area contributed by atoms with E-state index in [1.807, 2.05) is 18.3 Å². The van der Waals surface area contributed by atoms with Crippen molar-refractivity contribution in [3.8, 4) is 0 Å². The van der Waals surface area contributed by atoms with Crippen LogP contribution in [0.1, 0.15) is 18.4 Å². The Labute approximate surface area is 112 Å². The first-order chi connectivity index (χ1) is 8.75. The molecule has 1 atom stereocenters. The molecule has 98 valence electrons. The molecular formula is C13H19N3OS. The molecule has 2 rings (SSSR count).